The Kier molecular flexibility index (Phi) is 5.19. The number of nitriles is 1. The smallest absolute Gasteiger partial charge is 0.281 e. The highest BCUT2D eigenvalue weighted by Gasteiger charge is 2.25. The van der Waals surface area contributed by atoms with Gasteiger partial charge in [0.2, 0.25) is 5.95 Å². The molecule has 32 heavy (non-hydrogen) atoms. The normalized spacial score (nSPS) is 12.1. The zero-order chi connectivity index (χ0) is 23.0. The fraction of sp³-hybridized carbons (Fsp3) is 0.158. The molecule has 4 rings (SSSR count). The van der Waals surface area contributed by atoms with Gasteiger partial charge in [-0.2, -0.15) is 15.3 Å². The van der Waals surface area contributed by atoms with Gasteiger partial charge in [-0.1, -0.05) is 6.07 Å². The number of benzene rings is 1. The van der Waals surface area contributed by atoms with E-state index in [1.807, 2.05) is 0 Å². The van der Waals surface area contributed by atoms with E-state index in [0.29, 0.717) is 0 Å². The summed E-state index contributed by atoms with van der Waals surface area (Å²) in [6.07, 6.45) is -1.67. The van der Waals surface area contributed by atoms with Gasteiger partial charge in [0.1, 0.15) is 40.2 Å². The second-order valence-electron chi connectivity index (χ2n) is 6.66. The molecular formula is C19H14F3N9O. The summed E-state index contributed by atoms with van der Waals surface area (Å²) in [4.78, 5) is 24.8. The van der Waals surface area contributed by atoms with Crippen LogP contribution < -0.4 is 16.6 Å². The molecule has 13 heteroatoms. The third-order valence-electron chi connectivity index (χ3n) is 4.61. The first-order chi connectivity index (χ1) is 15.3. The van der Waals surface area contributed by atoms with Crippen LogP contribution in [0.5, 0.6) is 0 Å². The first kappa shape index (κ1) is 20.8. The van der Waals surface area contributed by atoms with Crippen LogP contribution in [-0.2, 0) is 0 Å². The van der Waals surface area contributed by atoms with Gasteiger partial charge < -0.3 is 11.1 Å². The Balaban J connectivity index is 1.91. The van der Waals surface area contributed by atoms with Gasteiger partial charge in [0.05, 0.1) is 17.8 Å². The molecule has 3 aromatic heterocycles. The molecule has 4 aromatic rings. The van der Waals surface area contributed by atoms with E-state index in [9.17, 15) is 23.2 Å². The average Bonchev–Trinajstić information content (AvgIpc) is 3.27. The number of nitrogens with one attached hydrogen (secondary N) is 2. The Bertz CT molecular complexity index is 1410. The molecule has 0 unspecified atom stereocenters. The zero-order valence-electron chi connectivity index (χ0n) is 16.3. The molecule has 4 N–H and O–H groups in total. The minimum absolute atomic E-state index is 0.0806. The maximum atomic E-state index is 14.4. The lowest BCUT2D eigenvalue weighted by molar-refractivity contribution is 0.146. The molecule has 0 bridgehead atoms. The van der Waals surface area contributed by atoms with Crippen molar-refractivity contribution in [1.29, 1.82) is 5.26 Å². The molecule has 10 nitrogen and oxygen atoms in total. The number of rotatable bonds is 5. The van der Waals surface area contributed by atoms with Crippen molar-refractivity contribution >= 4 is 22.7 Å². The summed E-state index contributed by atoms with van der Waals surface area (Å²) in [5, 5.41) is 18.3. The second kappa shape index (κ2) is 7.99. The number of nitrogen functional groups attached to an aromatic ring is 1. The molecule has 0 radical (unpaired) electrons. The second-order valence-corrected chi connectivity index (χ2v) is 6.66. The number of nitrogens with two attached hydrogens (primary N) is 1. The third-order valence-corrected chi connectivity index (χ3v) is 4.61. The maximum absolute atomic E-state index is 14.4. The number of halogens is 3. The number of fused-ring (bicyclic) bond motifs is 1. The summed E-state index contributed by atoms with van der Waals surface area (Å²) >= 11 is 0. The molecule has 1 aromatic carbocycles. The van der Waals surface area contributed by atoms with Crippen LogP contribution in [0.25, 0.3) is 16.7 Å². The summed E-state index contributed by atoms with van der Waals surface area (Å²) in [6.45, 7) is 1.56. The van der Waals surface area contributed by atoms with Crippen molar-refractivity contribution < 1.29 is 13.2 Å². The standard InChI is InChI=1S/C19H14F3N9O/c1-8(26-16-9(7-23)14(15(21)22)28-19(24)29-16)17-27-11-4-2-3-10(20)13(11)18(32)31(17)12-5-6-25-30-12/h2-6,8,15H,1H3,(H,25,30)(H3,24,26,28,29)/t8-/m0/s1. The van der Waals surface area contributed by atoms with E-state index in [1.165, 1.54) is 24.4 Å². The Labute approximate surface area is 177 Å². The van der Waals surface area contributed by atoms with E-state index < -0.39 is 41.0 Å². The highest BCUT2D eigenvalue weighted by atomic mass is 19.3. The van der Waals surface area contributed by atoms with Crippen LogP contribution in [0, 0.1) is 17.1 Å². The van der Waals surface area contributed by atoms with Crippen molar-refractivity contribution in [2.24, 2.45) is 0 Å². The number of alkyl halides is 2. The highest BCUT2D eigenvalue weighted by molar-refractivity contribution is 5.78. The molecule has 1 atom stereocenters. The van der Waals surface area contributed by atoms with Crippen molar-refractivity contribution in [3.8, 4) is 11.9 Å². The van der Waals surface area contributed by atoms with Crippen molar-refractivity contribution in [2.45, 2.75) is 19.4 Å². The van der Waals surface area contributed by atoms with Gasteiger partial charge in [-0.3, -0.25) is 9.89 Å². The van der Waals surface area contributed by atoms with E-state index in [0.717, 1.165) is 10.6 Å². The topological polar surface area (TPSA) is 151 Å². The fourth-order valence-electron chi connectivity index (χ4n) is 3.24. The Morgan fingerprint density at radius 1 is 1.25 bits per heavy atom. The van der Waals surface area contributed by atoms with Gasteiger partial charge in [0.25, 0.3) is 12.0 Å². The maximum Gasteiger partial charge on any atom is 0.281 e. The van der Waals surface area contributed by atoms with Crippen LogP contribution in [-0.4, -0.2) is 29.7 Å². The predicted octanol–water partition coefficient (Wildman–Crippen LogP) is 2.60. The average molecular weight is 441 g/mol. The molecule has 0 saturated carbocycles. The van der Waals surface area contributed by atoms with Crippen LogP contribution in [0.1, 0.15) is 36.5 Å². The lowest BCUT2D eigenvalue weighted by atomic mass is 10.2. The number of nitrogens with zero attached hydrogens (tertiary/aromatic N) is 6. The predicted molar refractivity (Wildman–Crippen MR) is 108 cm³/mol. The van der Waals surface area contributed by atoms with Gasteiger partial charge in [-0.25, -0.2) is 27.7 Å². The molecule has 0 aliphatic heterocycles. The van der Waals surface area contributed by atoms with Crippen LogP contribution in [0.3, 0.4) is 0 Å². The molecule has 0 aliphatic carbocycles. The van der Waals surface area contributed by atoms with E-state index in [4.69, 9.17) is 5.73 Å². The zero-order valence-corrected chi connectivity index (χ0v) is 16.3. The Morgan fingerprint density at radius 3 is 2.69 bits per heavy atom. The summed E-state index contributed by atoms with van der Waals surface area (Å²) in [7, 11) is 0. The summed E-state index contributed by atoms with van der Waals surface area (Å²) in [5.41, 5.74) is 3.58. The van der Waals surface area contributed by atoms with E-state index in [2.05, 4.69) is 30.5 Å². The van der Waals surface area contributed by atoms with Crippen LogP contribution in [0.4, 0.5) is 24.9 Å². The first-order valence-corrected chi connectivity index (χ1v) is 9.15. The molecule has 3 heterocycles. The van der Waals surface area contributed by atoms with E-state index in [-0.39, 0.29) is 28.4 Å². The van der Waals surface area contributed by atoms with Gasteiger partial charge >= 0.3 is 0 Å². The molecule has 0 saturated heterocycles. The number of hydrogen-bond donors (Lipinski definition) is 3. The number of hydrogen-bond acceptors (Lipinski definition) is 8. The van der Waals surface area contributed by atoms with Crippen LogP contribution >= 0.6 is 0 Å². The van der Waals surface area contributed by atoms with Gasteiger partial charge in [-0.05, 0) is 19.1 Å². The first-order valence-electron chi connectivity index (χ1n) is 9.15. The molecule has 0 amide bonds. The van der Waals surface area contributed by atoms with Gasteiger partial charge in [-0.15, -0.1) is 0 Å². The van der Waals surface area contributed by atoms with Gasteiger partial charge in [0, 0.05) is 6.07 Å². The van der Waals surface area contributed by atoms with E-state index >= 15 is 0 Å². The minimum atomic E-state index is -3.06. The molecule has 0 aliphatic rings. The molecular weight excluding hydrogens is 427 g/mol. The Morgan fingerprint density at radius 2 is 2.03 bits per heavy atom. The monoisotopic (exact) mass is 441 g/mol. The summed E-state index contributed by atoms with van der Waals surface area (Å²) < 4.78 is 42.1. The van der Waals surface area contributed by atoms with Crippen molar-refractivity contribution in [3.05, 3.63) is 63.7 Å². The summed E-state index contributed by atoms with van der Waals surface area (Å²) in [6, 6.07) is 6.25. The lowest BCUT2D eigenvalue weighted by Crippen LogP contribution is -2.28. The van der Waals surface area contributed by atoms with E-state index in [1.54, 1.807) is 13.0 Å². The number of aromatic nitrogens is 6. The minimum Gasteiger partial charge on any atom is -0.368 e. The quantitative estimate of drug-likeness (QED) is 0.427. The SMILES string of the molecule is C[C@H](Nc1nc(N)nc(C(F)F)c1C#N)c1nc2cccc(F)c2c(=O)n1-c1ccn[nH]1. The summed E-state index contributed by atoms with van der Waals surface area (Å²) in [5.74, 6) is -1.19. The van der Waals surface area contributed by atoms with Crippen LogP contribution in [0.2, 0.25) is 0 Å². The van der Waals surface area contributed by atoms with Crippen molar-refractivity contribution in [1.82, 2.24) is 29.7 Å². The van der Waals surface area contributed by atoms with Crippen molar-refractivity contribution in [3.63, 3.8) is 0 Å². The Hall–Kier alpha value is -4.47. The van der Waals surface area contributed by atoms with Gasteiger partial charge in [0.15, 0.2) is 5.82 Å². The largest absolute Gasteiger partial charge is 0.368 e. The number of anilines is 2. The number of H-pyrrole nitrogens is 1. The molecule has 0 fully saturated rings. The van der Waals surface area contributed by atoms with Crippen LogP contribution in [0.15, 0.2) is 35.3 Å². The van der Waals surface area contributed by atoms with Crippen molar-refractivity contribution in [2.75, 3.05) is 11.1 Å². The lowest BCUT2D eigenvalue weighted by Gasteiger charge is -2.20. The molecule has 0 spiro atoms. The highest BCUT2D eigenvalue weighted by Crippen LogP contribution is 2.28. The number of aromatic amines is 1. The fourth-order valence-corrected chi connectivity index (χ4v) is 3.24. The third kappa shape index (κ3) is 3.47. The molecule has 162 valence electrons.